The van der Waals surface area contributed by atoms with Gasteiger partial charge in [-0.3, -0.25) is 10.2 Å². The summed E-state index contributed by atoms with van der Waals surface area (Å²) in [5.74, 6) is 4.56. The van der Waals surface area contributed by atoms with E-state index in [1.54, 1.807) is 6.20 Å². The maximum atomic E-state index is 15.3. The van der Waals surface area contributed by atoms with Crippen molar-refractivity contribution in [2.45, 2.75) is 24.8 Å². The van der Waals surface area contributed by atoms with Crippen LogP contribution in [0.5, 0.6) is 0 Å². The summed E-state index contributed by atoms with van der Waals surface area (Å²) in [5.41, 5.74) is 3.61. The normalized spacial score (nSPS) is 28.9. The van der Waals surface area contributed by atoms with E-state index < -0.39 is 11.8 Å². The monoisotopic (exact) mass is 388 g/mol. The number of nitrogens with two attached hydrogens (primary N) is 1. The van der Waals surface area contributed by atoms with Crippen molar-refractivity contribution in [2.24, 2.45) is 11.8 Å². The first-order valence-corrected chi connectivity index (χ1v) is 9.75. The zero-order valence-electron chi connectivity index (χ0n) is 15.9. The van der Waals surface area contributed by atoms with Gasteiger partial charge in [0.25, 0.3) is 5.91 Å². The second-order valence-corrected chi connectivity index (χ2v) is 8.33. The third kappa shape index (κ3) is 2.42. The van der Waals surface area contributed by atoms with E-state index in [9.17, 15) is 4.79 Å². The number of fused-ring (bicyclic) bond motifs is 1. The molecular weight excluding hydrogens is 363 g/mol. The van der Waals surface area contributed by atoms with Crippen LogP contribution in [0.1, 0.15) is 19.3 Å². The number of rotatable bonds is 2. The summed E-state index contributed by atoms with van der Waals surface area (Å²) in [7, 11) is 2.06. The van der Waals surface area contributed by atoms with Gasteiger partial charge in [-0.25, -0.2) is 10.2 Å². The highest BCUT2D eigenvalue weighted by Crippen LogP contribution is 2.55. The molecule has 0 aromatic carbocycles. The molecule has 1 saturated heterocycles. The third-order valence-corrected chi connectivity index (χ3v) is 6.59. The molecule has 3 heterocycles. The van der Waals surface area contributed by atoms with Crippen LogP contribution in [0, 0.1) is 11.3 Å². The average molecular weight is 388 g/mol. The molecule has 1 saturated carbocycles. The van der Waals surface area contributed by atoms with Gasteiger partial charge in [-0.15, -0.1) is 0 Å². The number of nitrogens with one attached hydrogen (secondary N) is 2. The highest BCUT2D eigenvalue weighted by molar-refractivity contribution is 6.22. The van der Waals surface area contributed by atoms with Crippen LogP contribution in [0.25, 0.3) is 0 Å². The van der Waals surface area contributed by atoms with Crippen LogP contribution in [-0.4, -0.2) is 71.7 Å². The van der Waals surface area contributed by atoms with E-state index in [1.165, 1.54) is 0 Å². The van der Waals surface area contributed by atoms with E-state index >= 15 is 4.39 Å². The minimum Gasteiger partial charge on any atom is -0.487 e. The van der Waals surface area contributed by atoms with Crippen LogP contribution in [0.4, 0.5) is 4.39 Å². The minimum absolute atomic E-state index is 0.0739. The van der Waals surface area contributed by atoms with E-state index in [2.05, 4.69) is 27.2 Å². The Morgan fingerprint density at radius 3 is 2.71 bits per heavy atom. The lowest BCUT2D eigenvalue weighted by Crippen LogP contribution is -2.52. The predicted molar refractivity (Wildman–Crippen MR) is 100 cm³/mol. The van der Waals surface area contributed by atoms with Crippen molar-refractivity contribution < 1.29 is 13.9 Å². The number of amides is 1. The lowest BCUT2D eigenvalue weighted by atomic mass is 9.80. The second-order valence-electron chi connectivity index (χ2n) is 8.33. The molecule has 0 radical (unpaired) electrons. The molecule has 0 aromatic rings. The molecule has 0 bridgehead atoms. The van der Waals surface area contributed by atoms with Gasteiger partial charge in [0.1, 0.15) is 18.1 Å². The van der Waals surface area contributed by atoms with Crippen molar-refractivity contribution in [1.29, 1.82) is 5.41 Å². The van der Waals surface area contributed by atoms with E-state index in [-0.39, 0.29) is 29.1 Å². The molecule has 1 atom stereocenters. The number of piperazine rings is 1. The first-order chi connectivity index (χ1) is 13.4. The zero-order valence-corrected chi connectivity index (χ0v) is 15.9. The van der Waals surface area contributed by atoms with Crippen LogP contribution in [0.3, 0.4) is 0 Å². The van der Waals surface area contributed by atoms with Gasteiger partial charge in [-0.2, -0.15) is 0 Å². The van der Waals surface area contributed by atoms with Crippen LogP contribution < -0.4 is 11.3 Å². The molecule has 3 aliphatic heterocycles. The third-order valence-electron chi connectivity index (χ3n) is 6.59. The highest BCUT2D eigenvalue weighted by atomic mass is 19.1. The summed E-state index contributed by atoms with van der Waals surface area (Å²) in [5, 5.41) is 8.55. The summed E-state index contributed by atoms with van der Waals surface area (Å²) < 4.78 is 21.5. The summed E-state index contributed by atoms with van der Waals surface area (Å²) in [4.78, 5) is 18.6. The van der Waals surface area contributed by atoms with Gasteiger partial charge in [-0.05, 0) is 19.9 Å². The van der Waals surface area contributed by atoms with Gasteiger partial charge in [0.2, 0.25) is 0 Å². The molecule has 1 unspecified atom stereocenters. The summed E-state index contributed by atoms with van der Waals surface area (Å²) in [6.07, 6.45) is 3.70. The van der Waals surface area contributed by atoms with Gasteiger partial charge < -0.3 is 24.8 Å². The topological polar surface area (TPSA) is 97.9 Å². The number of nitrogens with zero attached hydrogens (tertiary/aromatic N) is 3. The van der Waals surface area contributed by atoms with Crippen molar-refractivity contribution in [2.75, 3.05) is 39.8 Å². The minimum atomic E-state index is -0.527. The fourth-order valence-corrected chi connectivity index (χ4v) is 4.69. The lowest BCUT2D eigenvalue weighted by Gasteiger charge is -2.48. The molecular formula is C19H25FN6O2. The Kier molecular flexibility index (Phi) is 3.82. The molecule has 5 rings (SSSR count). The Balaban J connectivity index is 1.61. The smallest absolute Gasteiger partial charge is 0.268 e. The molecule has 2 aliphatic carbocycles. The van der Waals surface area contributed by atoms with Crippen LogP contribution in [0.2, 0.25) is 0 Å². The molecule has 150 valence electrons. The van der Waals surface area contributed by atoms with Gasteiger partial charge >= 0.3 is 0 Å². The van der Waals surface area contributed by atoms with Gasteiger partial charge in [0, 0.05) is 38.8 Å². The molecule has 2 fully saturated rings. The first-order valence-electron chi connectivity index (χ1n) is 9.75. The highest BCUT2D eigenvalue weighted by Gasteiger charge is 2.57. The Morgan fingerprint density at radius 1 is 1.36 bits per heavy atom. The van der Waals surface area contributed by atoms with E-state index in [0.29, 0.717) is 18.1 Å². The molecule has 5 aliphatic rings. The number of hydrogen-bond acceptors (Lipinski definition) is 7. The number of carbonyl (C=O) groups is 1. The summed E-state index contributed by atoms with van der Waals surface area (Å²) in [6, 6.07) is 0. The number of halogens is 1. The van der Waals surface area contributed by atoms with Crippen molar-refractivity contribution in [3.63, 3.8) is 0 Å². The molecule has 1 amide bonds. The molecule has 1 spiro atoms. The summed E-state index contributed by atoms with van der Waals surface area (Å²) in [6.45, 7) is 3.68. The maximum Gasteiger partial charge on any atom is 0.268 e. The molecule has 28 heavy (non-hydrogen) atoms. The molecule has 0 aromatic heterocycles. The number of allylic oxidation sites excluding steroid dienone is 2. The van der Waals surface area contributed by atoms with Gasteiger partial charge in [0.15, 0.2) is 5.76 Å². The first kappa shape index (κ1) is 17.7. The fraction of sp³-hybridized carbons (Fsp3) is 0.579. The number of ether oxygens (including phenoxy) is 1. The Bertz CT molecular complexity index is 850. The van der Waals surface area contributed by atoms with Crippen molar-refractivity contribution in [3.05, 3.63) is 34.8 Å². The number of carbonyl (C=O) groups excluding carboxylic acids is 1. The SMILES string of the molecule is CN1CCN(C2=C(F)CC3C(=N)C(C(=O)NN)=CN4C3=C2OCC42CC2)CC1. The maximum absolute atomic E-state index is 15.3. The molecule has 4 N–H and O–H groups in total. The summed E-state index contributed by atoms with van der Waals surface area (Å²) >= 11 is 0. The quantitative estimate of drug-likeness (QED) is 0.360. The van der Waals surface area contributed by atoms with Crippen LogP contribution in [0.15, 0.2) is 34.8 Å². The Morgan fingerprint density at radius 2 is 2.07 bits per heavy atom. The van der Waals surface area contributed by atoms with Crippen molar-refractivity contribution in [3.8, 4) is 0 Å². The number of hydrogen-bond donors (Lipinski definition) is 3. The van der Waals surface area contributed by atoms with E-state index in [4.69, 9.17) is 16.0 Å². The number of likely N-dealkylation sites (N-methyl/N-ethyl adjacent to an activating group) is 1. The average Bonchev–Trinajstić information content (AvgIpc) is 3.47. The molecule has 8 nitrogen and oxygen atoms in total. The fourth-order valence-electron chi connectivity index (χ4n) is 4.69. The lowest BCUT2D eigenvalue weighted by molar-refractivity contribution is -0.117. The van der Waals surface area contributed by atoms with Crippen LogP contribution in [-0.2, 0) is 9.53 Å². The Labute approximate surface area is 162 Å². The van der Waals surface area contributed by atoms with E-state index in [0.717, 1.165) is 44.7 Å². The van der Waals surface area contributed by atoms with Crippen molar-refractivity contribution >= 4 is 11.6 Å². The predicted octanol–water partition coefficient (Wildman–Crippen LogP) is 0.418. The van der Waals surface area contributed by atoms with Gasteiger partial charge in [-0.1, -0.05) is 0 Å². The van der Waals surface area contributed by atoms with Crippen molar-refractivity contribution in [1.82, 2.24) is 20.1 Å². The van der Waals surface area contributed by atoms with Gasteiger partial charge in [0.05, 0.1) is 28.4 Å². The van der Waals surface area contributed by atoms with Crippen LogP contribution >= 0.6 is 0 Å². The number of hydrazine groups is 1. The van der Waals surface area contributed by atoms with E-state index in [1.807, 2.05) is 0 Å². The zero-order chi connectivity index (χ0) is 19.6. The molecule has 9 heteroatoms. The Hall–Kier alpha value is -2.39. The standard InChI is InChI=1S/C19H25FN6O2/c1-24-4-6-25(7-5-24)16-13(20)8-11-14(21)12(18(27)23-22)9-26-15(11)17(16)28-10-19(26)2-3-19/h9,11,21H,2-8,10,22H2,1H3,(H,23,27). The second kappa shape index (κ2) is 6.05. The largest absolute Gasteiger partial charge is 0.487 e.